The number of hydrogen-bond acceptors (Lipinski definition) is 3. The van der Waals surface area contributed by atoms with Crippen LogP contribution in [0.15, 0.2) is 36.5 Å². The van der Waals surface area contributed by atoms with Crippen LogP contribution in [0.25, 0.3) is 0 Å². The van der Waals surface area contributed by atoms with Crippen LogP contribution in [-0.2, 0) is 11.2 Å². The molecule has 3 rings (SSSR count). The van der Waals surface area contributed by atoms with Crippen LogP contribution in [0, 0.1) is 5.82 Å². The Morgan fingerprint density at radius 3 is 2.65 bits per heavy atom. The molecule has 0 unspecified atom stereocenters. The first kappa shape index (κ1) is 18.0. The lowest BCUT2D eigenvalue weighted by Crippen LogP contribution is -2.38. The Labute approximate surface area is 151 Å². The molecule has 0 saturated carbocycles. The normalized spacial score (nSPS) is 14.8. The first-order valence-electron chi connectivity index (χ1n) is 8.61. The smallest absolute Gasteiger partial charge is 0.270 e. The van der Waals surface area contributed by atoms with Crippen LogP contribution in [0.4, 0.5) is 4.39 Å². The third kappa shape index (κ3) is 4.04. The molecule has 2 amide bonds. The third-order valence-electron chi connectivity index (χ3n) is 4.55. The van der Waals surface area contributed by atoms with E-state index in [4.69, 9.17) is 4.74 Å². The second-order valence-corrected chi connectivity index (χ2v) is 6.24. The molecule has 0 radical (unpaired) electrons. The zero-order valence-electron chi connectivity index (χ0n) is 14.7. The topological polar surface area (TPSA) is 65.6 Å². The van der Waals surface area contributed by atoms with Gasteiger partial charge >= 0.3 is 0 Å². The van der Waals surface area contributed by atoms with Crippen molar-refractivity contribution in [1.82, 2.24) is 14.8 Å². The molecule has 26 heavy (non-hydrogen) atoms. The number of carbonyl (C=O) groups is 2. The van der Waals surface area contributed by atoms with Gasteiger partial charge in [-0.3, -0.25) is 9.59 Å². The highest BCUT2D eigenvalue weighted by Gasteiger charge is 2.24. The SMILES string of the molecule is COc1ccc(F)cc1CC(=O)N1CCCN(C(=O)c2ccc[nH]2)CC1. The van der Waals surface area contributed by atoms with Gasteiger partial charge in [0.1, 0.15) is 17.3 Å². The Kier molecular flexibility index (Phi) is 5.55. The first-order valence-corrected chi connectivity index (χ1v) is 8.61. The number of nitrogens with one attached hydrogen (secondary N) is 1. The monoisotopic (exact) mass is 359 g/mol. The van der Waals surface area contributed by atoms with E-state index in [1.165, 1.54) is 25.3 Å². The number of nitrogens with zero attached hydrogens (tertiary/aromatic N) is 2. The molecule has 0 bridgehead atoms. The highest BCUT2D eigenvalue weighted by atomic mass is 19.1. The number of H-pyrrole nitrogens is 1. The van der Waals surface area contributed by atoms with Crippen molar-refractivity contribution in [2.24, 2.45) is 0 Å². The maximum atomic E-state index is 13.5. The molecule has 1 aliphatic rings. The summed E-state index contributed by atoms with van der Waals surface area (Å²) < 4.78 is 18.7. The van der Waals surface area contributed by atoms with Gasteiger partial charge in [-0.2, -0.15) is 0 Å². The molecule has 2 aromatic rings. The van der Waals surface area contributed by atoms with Crippen molar-refractivity contribution in [3.05, 3.63) is 53.6 Å². The molecule has 1 aliphatic heterocycles. The van der Waals surface area contributed by atoms with Gasteiger partial charge in [0, 0.05) is 37.9 Å². The molecule has 1 N–H and O–H groups in total. The fourth-order valence-corrected chi connectivity index (χ4v) is 3.16. The van der Waals surface area contributed by atoms with E-state index in [1.807, 2.05) is 0 Å². The standard InChI is InChI=1S/C19H22FN3O3/c1-26-17-6-5-15(20)12-14(17)13-18(24)22-8-3-9-23(11-10-22)19(25)16-4-2-7-21-16/h2,4-7,12,21H,3,8-11,13H2,1H3. The van der Waals surface area contributed by atoms with Crippen LogP contribution < -0.4 is 4.74 Å². The summed E-state index contributed by atoms with van der Waals surface area (Å²) in [6.07, 6.45) is 2.50. The van der Waals surface area contributed by atoms with Crippen molar-refractivity contribution in [3.8, 4) is 5.75 Å². The number of amides is 2. The van der Waals surface area contributed by atoms with E-state index in [0.717, 1.165) is 0 Å². The van der Waals surface area contributed by atoms with Gasteiger partial charge in [0.25, 0.3) is 5.91 Å². The summed E-state index contributed by atoms with van der Waals surface area (Å²) in [7, 11) is 1.50. The van der Waals surface area contributed by atoms with Gasteiger partial charge in [-0.15, -0.1) is 0 Å². The van der Waals surface area contributed by atoms with Gasteiger partial charge in [0.15, 0.2) is 0 Å². The van der Waals surface area contributed by atoms with Crippen LogP contribution in [-0.4, -0.2) is 59.9 Å². The number of halogens is 1. The van der Waals surface area contributed by atoms with E-state index in [0.29, 0.717) is 49.6 Å². The Hall–Kier alpha value is -2.83. The Bertz CT molecular complexity index is 776. The van der Waals surface area contributed by atoms with Crippen LogP contribution in [0.5, 0.6) is 5.75 Å². The molecule has 1 saturated heterocycles. The van der Waals surface area contributed by atoms with Crippen molar-refractivity contribution in [1.29, 1.82) is 0 Å². The zero-order chi connectivity index (χ0) is 18.5. The predicted molar refractivity (Wildman–Crippen MR) is 94.5 cm³/mol. The minimum Gasteiger partial charge on any atom is -0.496 e. The largest absolute Gasteiger partial charge is 0.496 e. The minimum absolute atomic E-state index is 0.0592. The van der Waals surface area contributed by atoms with Crippen molar-refractivity contribution in [2.75, 3.05) is 33.3 Å². The fourth-order valence-electron chi connectivity index (χ4n) is 3.16. The van der Waals surface area contributed by atoms with Crippen LogP contribution in [0.2, 0.25) is 0 Å². The summed E-state index contributed by atoms with van der Waals surface area (Å²) in [6, 6.07) is 7.69. The van der Waals surface area contributed by atoms with Gasteiger partial charge in [0.05, 0.1) is 13.5 Å². The Balaban J connectivity index is 1.63. The molecular weight excluding hydrogens is 337 g/mol. The van der Waals surface area contributed by atoms with E-state index >= 15 is 0 Å². The molecule has 0 spiro atoms. The Morgan fingerprint density at radius 1 is 1.15 bits per heavy atom. The van der Waals surface area contributed by atoms with Gasteiger partial charge in [-0.25, -0.2) is 4.39 Å². The predicted octanol–water partition coefficient (Wildman–Crippen LogP) is 2.08. The van der Waals surface area contributed by atoms with Crippen molar-refractivity contribution >= 4 is 11.8 Å². The molecule has 1 fully saturated rings. The molecule has 0 atom stereocenters. The third-order valence-corrected chi connectivity index (χ3v) is 4.55. The minimum atomic E-state index is -0.396. The molecular formula is C19H22FN3O3. The lowest BCUT2D eigenvalue weighted by Gasteiger charge is -2.22. The number of rotatable bonds is 4. The number of benzene rings is 1. The number of methoxy groups -OCH3 is 1. The summed E-state index contributed by atoms with van der Waals surface area (Å²) in [4.78, 5) is 31.5. The molecule has 0 aliphatic carbocycles. The second kappa shape index (κ2) is 8.03. The zero-order valence-corrected chi connectivity index (χ0v) is 14.7. The Morgan fingerprint density at radius 2 is 1.92 bits per heavy atom. The summed E-state index contributed by atoms with van der Waals surface area (Å²) in [5.74, 6) is -0.0514. The van der Waals surface area contributed by atoms with Gasteiger partial charge in [-0.1, -0.05) is 0 Å². The average Bonchev–Trinajstić information content (AvgIpc) is 3.05. The fraction of sp³-hybridized carbons (Fsp3) is 0.368. The molecule has 1 aromatic carbocycles. The molecule has 6 nitrogen and oxygen atoms in total. The van der Waals surface area contributed by atoms with Crippen LogP contribution in [0.3, 0.4) is 0 Å². The maximum Gasteiger partial charge on any atom is 0.270 e. The van der Waals surface area contributed by atoms with Crippen molar-refractivity contribution in [2.45, 2.75) is 12.8 Å². The van der Waals surface area contributed by atoms with Crippen molar-refractivity contribution < 1.29 is 18.7 Å². The molecule has 2 heterocycles. The number of hydrogen-bond donors (Lipinski definition) is 1. The highest BCUT2D eigenvalue weighted by Crippen LogP contribution is 2.21. The van der Waals surface area contributed by atoms with Gasteiger partial charge in [0.2, 0.25) is 5.91 Å². The summed E-state index contributed by atoms with van der Waals surface area (Å²) in [5, 5.41) is 0. The summed E-state index contributed by atoms with van der Waals surface area (Å²) in [5.41, 5.74) is 1.08. The second-order valence-electron chi connectivity index (χ2n) is 6.24. The van der Waals surface area contributed by atoms with E-state index in [1.54, 1.807) is 28.1 Å². The number of aromatic nitrogens is 1. The molecule has 7 heteroatoms. The first-order chi connectivity index (χ1) is 12.6. The van der Waals surface area contributed by atoms with Crippen LogP contribution >= 0.6 is 0 Å². The molecule has 138 valence electrons. The van der Waals surface area contributed by atoms with Crippen molar-refractivity contribution in [3.63, 3.8) is 0 Å². The lowest BCUT2D eigenvalue weighted by atomic mass is 10.1. The quantitative estimate of drug-likeness (QED) is 0.909. The van der Waals surface area contributed by atoms with Gasteiger partial charge in [-0.05, 0) is 36.8 Å². The number of aromatic amines is 1. The van der Waals surface area contributed by atoms with Gasteiger partial charge < -0.3 is 19.5 Å². The van der Waals surface area contributed by atoms with E-state index < -0.39 is 5.82 Å². The average molecular weight is 359 g/mol. The number of carbonyl (C=O) groups excluding carboxylic acids is 2. The summed E-state index contributed by atoms with van der Waals surface area (Å²) >= 11 is 0. The number of ether oxygens (including phenoxy) is 1. The highest BCUT2D eigenvalue weighted by molar-refractivity contribution is 5.92. The van der Waals surface area contributed by atoms with E-state index in [9.17, 15) is 14.0 Å². The van der Waals surface area contributed by atoms with E-state index in [2.05, 4.69) is 4.98 Å². The summed E-state index contributed by atoms with van der Waals surface area (Å²) in [6.45, 7) is 2.11. The molecule has 1 aromatic heterocycles. The van der Waals surface area contributed by atoms with E-state index in [-0.39, 0.29) is 18.2 Å². The lowest BCUT2D eigenvalue weighted by molar-refractivity contribution is -0.130. The van der Waals surface area contributed by atoms with Crippen LogP contribution in [0.1, 0.15) is 22.5 Å². The maximum absolute atomic E-state index is 13.5.